The van der Waals surface area contributed by atoms with E-state index in [4.69, 9.17) is 16.9 Å². The van der Waals surface area contributed by atoms with E-state index in [0.29, 0.717) is 29.4 Å². The summed E-state index contributed by atoms with van der Waals surface area (Å²) in [4.78, 5) is 20.1. The number of hydrogen-bond donors (Lipinski definition) is 0. The Morgan fingerprint density at radius 1 is 1.27 bits per heavy atom. The summed E-state index contributed by atoms with van der Waals surface area (Å²) in [6, 6.07) is 8.79. The van der Waals surface area contributed by atoms with Crippen molar-refractivity contribution in [1.29, 1.82) is 5.26 Å². The van der Waals surface area contributed by atoms with Crippen molar-refractivity contribution < 1.29 is 4.79 Å². The number of pyridine rings is 1. The number of aromatic nitrogens is 1. The molecule has 0 atom stereocenters. The number of urea groups is 1. The Morgan fingerprint density at radius 2 is 2.05 bits per heavy atom. The summed E-state index contributed by atoms with van der Waals surface area (Å²) < 4.78 is 0. The molecule has 0 unspecified atom stereocenters. The molecule has 0 radical (unpaired) electrons. The van der Waals surface area contributed by atoms with Crippen molar-refractivity contribution in [2.75, 3.05) is 22.9 Å². The fourth-order valence-corrected chi connectivity index (χ4v) is 2.72. The van der Waals surface area contributed by atoms with Crippen molar-refractivity contribution in [3.8, 4) is 6.07 Å². The summed E-state index contributed by atoms with van der Waals surface area (Å²) in [5.74, 6) is 0. The summed E-state index contributed by atoms with van der Waals surface area (Å²) in [5, 5.41) is 9.27. The van der Waals surface area contributed by atoms with Gasteiger partial charge in [-0.3, -0.25) is 14.8 Å². The van der Waals surface area contributed by atoms with E-state index in [1.807, 2.05) is 19.1 Å². The van der Waals surface area contributed by atoms with Crippen LogP contribution in [0.25, 0.3) is 0 Å². The SMILES string of the molecule is Cc1ccncc1N1CCN(c2ccc(C#N)c(Cl)c2)C1=O. The Balaban J connectivity index is 1.90. The highest BCUT2D eigenvalue weighted by Gasteiger charge is 2.31. The van der Waals surface area contributed by atoms with E-state index < -0.39 is 0 Å². The van der Waals surface area contributed by atoms with Crippen LogP contribution in [0.5, 0.6) is 0 Å². The van der Waals surface area contributed by atoms with Gasteiger partial charge in [-0.05, 0) is 36.8 Å². The van der Waals surface area contributed by atoms with Crippen molar-refractivity contribution in [2.24, 2.45) is 0 Å². The van der Waals surface area contributed by atoms with Crippen molar-refractivity contribution in [3.63, 3.8) is 0 Å². The maximum Gasteiger partial charge on any atom is 0.329 e. The van der Waals surface area contributed by atoms with E-state index >= 15 is 0 Å². The van der Waals surface area contributed by atoms with Gasteiger partial charge >= 0.3 is 6.03 Å². The number of rotatable bonds is 2. The zero-order chi connectivity index (χ0) is 15.7. The predicted molar refractivity (Wildman–Crippen MR) is 85.2 cm³/mol. The van der Waals surface area contributed by atoms with Crippen LogP contribution in [0.15, 0.2) is 36.7 Å². The largest absolute Gasteiger partial charge is 0.329 e. The second-order valence-corrected chi connectivity index (χ2v) is 5.43. The minimum absolute atomic E-state index is 0.114. The Labute approximate surface area is 133 Å². The molecule has 1 aliphatic rings. The van der Waals surface area contributed by atoms with Crippen molar-refractivity contribution in [2.45, 2.75) is 6.92 Å². The van der Waals surface area contributed by atoms with E-state index in [1.165, 1.54) is 0 Å². The molecule has 1 aromatic carbocycles. The number of hydrogen-bond acceptors (Lipinski definition) is 3. The van der Waals surface area contributed by atoms with Crippen LogP contribution >= 0.6 is 11.6 Å². The molecule has 6 heteroatoms. The van der Waals surface area contributed by atoms with E-state index in [0.717, 1.165) is 11.3 Å². The van der Waals surface area contributed by atoms with E-state index in [9.17, 15) is 4.79 Å². The number of anilines is 2. The van der Waals surface area contributed by atoms with Crippen LogP contribution in [0.2, 0.25) is 5.02 Å². The number of halogens is 1. The van der Waals surface area contributed by atoms with E-state index in [1.54, 1.807) is 40.4 Å². The molecule has 0 aliphatic carbocycles. The van der Waals surface area contributed by atoms with Gasteiger partial charge in [0.15, 0.2) is 0 Å². The second-order valence-electron chi connectivity index (χ2n) is 5.02. The van der Waals surface area contributed by atoms with Crippen molar-refractivity contribution >= 4 is 29.0 Å². The van der Waals surface area contributed by atoms with E-state index in [2.05, 4.69) is 4.98 Å². The predicted octanol–water partition coefficient (Wildman–Crippen LogP) is 3.36. The number of carbonyl (C=O) groups is 1. The van der Waals surface area contributed by atoms with E-state index in [-0.39, 0.29) is 6.03 Å². The van der Waals surface area contributed by atoms with Crippen LogP contribution in [0, 0.1) is 18.3 Å². The summed E-state index contributed by atoms with van der Waals surface area (Å²) >= 11 is 6.05. The number of carbonyl (C=O) groups excluding carboxylic acids is 1. The third-order valence-electron chi connectivity index (χ3n) is 3.70. The second kappa shape index (κ2) is 5.66. The average Bonchev–Trinajstić information content (AvgIpc) is 2.89. The smallest absolute Gasteiger partial charge is 0.292 e. The van der Waals surface area contributed by atoms with Gasteiger partial charge in [0.2, 0.25) is 0 Å². The molecule has 1 aliphatic heterocycles. The molecule has 2 amide bonds. The molecule has 2 heterocycles. The van der Waals surface area contributed by atoms with Crippen molar-refractivity contribution in [3.05, 3.63) is 52.8 Å². The average molecular weight is 313 g/mol. The molecule has 3 rings (SSSR count). The summed E-state index contributed by atoms with van der Waals surface area (Å²) in [5.41, 5.74) is 2.91. The van der Waals surface area contributed by atoms with Gasteiger partial charge in [-0.25, -0.2) is 4.79 Å². The lowest BCUT2D eigenvalue weighted by Crippen LogP contribution is -2.32. The first-order valence-electron chi connectivity index (χ1n) is 6.81. The van der Waals surface area contributed by atoms with Crippen LogP contribution < -0.4 is 9.80 Å². The number of amides is 2. The lowest BCUT2D eigenvalue weighted by atomic mass is 10.2. The highest BCUT2D eigenvalue weighted by Crippen LogP contribution is 2.29. The summed E-state index contributed by atoms with van der Waals surface area (Å²) in [7, 11) is 0. The maximum atomic E-state index is 12.6. The topological polar surface area (TPSA) is 60.2 Å². The molecular formula is C16H13ClN4O. The lowest BCUT2D eigenvalue weighted by Gasteiger charge is -2.20. The van der Waals surface area contributed by atoms with Gasteiger partial charge in [0.1, 0.15) is 6.07 Å². The van der Waals surface area contributed by atoms with Crippen LogP contribution in [-0.4, -0.2) is 24.1 Å². The number of nitriles is 1. The minimum atomic E-state index is -0.114. The normalized spacial score (nSPS) is 14.3. The Morgan fingerprint density at radius 3 is 2.73 bits per heavy atom. The van der Waals surface area contributed by atoms with Gasteiger partial charge in [-0.15, -0.1) is 0 Å². The Bertz CT molecular complexity index is 784. The first kappa shape index (κ1) is 14.4. The van der Waals surface area contributed by atoms with Crippen LogP contribution in [0.4, 0.5) is 16.2 Å². The summed E-state index contributed by atoms with van der Waals surface area (Å²) in [6.07, 6.45) is 3.40. The molecule has 1 aromatic heterocycles. The number of aryl methyl sites for hydroxylation is 1. The fourth-order valence-electron chi connectivity index (χ4n) is 2.50. The monoisotopic (exact) mass is 312 g/mol. The lowest BCUT2D eigenvalue weighted by molar-refractivity contribution is 0.256. The van der Waals surface area contributed by atoms with Crippen LogP contribution in [-0.2, 0) is 0 Å². The molecular weight excluding hydrogens is 300 g/mol. The third-order valence-corrected chi connectivity index (χ3v) is 4.01. The van der Waals surface area contributed by atoms with Crippen LogP contribution in [0.3, 0.4) is 0 Å². The zero-order valence-corrected chi connectivity index (χ0v) is 12.7. The minimum Gasteiger partial charge on any atom is -0.292 e. The Kier molecular flexibility index (Phi) is 3.70. The molecule has 22 heavy (non-hydrogen) atoms. The first-order valence-corrected chi connectivity index (χ1v) is 7.19. The molecule has 2 aromatic rings. The number of nitrogens with zero attached hydrogens (tertiary/aromatic N) is 4. The standard InChI is InChI=1S/C16H13ClN4O/c1-11-4-5-19-10-15(11)21-7-6-20(16(21)22)13-3-2-12(9-18)14(17)8-13/h2-5,8,10H,6-7H2,1H3. The summed E-state index contributed by atoms with van der Waals surface area (Å²) in [6.45, 7) is 3.10. The van der Waals surface area contributed by atoms with Gasteiger partial charge in [-0.2, -0.15) is 5.26 Å². The maximum absolute atomic E-state index is 12.6. The number of benzene rings is 1. The molecule has 0 bridgehead atoms. The van der Waals surface area contributed by atoms with Crippen molar-refractivity contribution in [1.82, 2.24) is 4.98 Å². The quantitative estimate of drug-likeness (QED) is 0.854. The molecule has 0 saturated carbocycles. The van der Waals surface area contributed by atoms with Crippen LogP contribution in [0.1, 0.15) is 11.1 Å². The molecule has 0 N–H and O–H groups in total. The van der Waals surface area contributed by atoms with Gasteiger partial charge in [0.25, 0.3) is 0 Å². The molecule has 110 valence electrons. The highest BCUT2D eigenvalue weighted by molar-refractivity contribution is 6.32. The molecule has 1 fully saturated rings. The molecule has 1 saturated heterocycles. The molecule has 5 nitrogen and oxygen atoms in total. The van der Waals surface area contributed by atoms with Gasteiger partial charge < -0.3 is 0 Å². The van der Waals surface area contributed by atoms with Gasteiger partial charge in [0, 0.05) is 25.0 Å². The molecule has 0 spiro atoms. The Hall–Kier alpha value is -2.58. The third kappa shape index (κ3) is 2.38. The first-order chi connectivity index (χ1) is 10.6. The highest BCUT2D eigenvalue weighted by atomic mass is 35.5. The van der Waals surface area contributed by atoms with Gasteiger partial charge in [-0.1, -0.05) is 11.6 Å². The zero-order valence-electron chi connectivity index (χ0n) is 12.0. The van der Waals surface area contributed by atoms with Gasteiger partial charge in [0.05, 0.1) is 22.5 Å². The fraction of sp³-hybridized carbons (Fsp3) is 0.188.